The van der Waals surface area contributed by atoms with Crippen LogP contribution in [0.4, 0.5) is 0 Å². The van der Waals surface area contributed by atoms with E-state index in [0.717, 1.165) is 42.6 Å². The summed E-state index contributed by atoms with van der Waals surface area (Å²) in [6, 6.07) is 1.09. The average molecular weight is 268 g/mol. The summed E-state index contributed by atoms with van der Waals surface area (Å²) < 4.78 is 0. The molecule has 3 atom stereocenters. The smallest absolute Gasteiger partial charge is 0.166 e. The van der Waals surface area contributed by atoms with Gasteiger partial charge in [-0.05, 0) is 69.0 Å². The SMILES string of the molecule is OC1CCC(NC(=S)N[C@H]2C[C@@H]3CC[C@H]2C3)CC1. The molecule has 0 spiro atoms. The molecular weight excluding hydrogens is 244 g/mol. The quantitative estimate of drug-likeness (QED) is 0.670. The lowest BCUT2D eigenvalue weighted by Gasteiger charge is -2.30. The molecule has 0 unspecified atom stereocenters. The largest absolute Gasteiger partial charge is 0.393 e. The summed E-state index contributed by atoms with van der Waals surface area (Å²) in [5.41, 5.74) is 0. The fraction of sp³-hybridized carbons (Fsp3) is 0.929. The minimum Gasteiger partial charge on any atom is -0.393 e. The number of nitrogens with one attached hydrogen (secondary N) is 2. The monoisotopic (exact) mass is 268 g/mol. The highest BCUT2D eigenvalue weighted by Crippen LogP contribution is 2.44. The second-order valence-electron chi connectivity index (χ2n) is 6.40. The van der Waals surface area contributed by atoms with Crippen molar-refractivity contribution in [2.24, 2.45) is 11.8 Å². The summed E-state index contributed by atoms with van der Waals surface area (Å²) in [6.07, 6.45) is 9.37. The first-order chi connectivity index (χ1) is 8.70. The highest BCUT2D eigenvalue weighted by atomic mass is 32.1. The van der Waals surface area contributed by atoms with Gasteiger partial charge in [-0.15, -0.1) is 0 Å². The molecule has 3 N–H and O–H groups in total. The Morgan fingerprint density at radius 2 is 1.72 bits per heavy atom. The molecule has 0 heterocycles. The Morgan fingerprint density at radius 3 is 2.33 bits per heavy atom. The third-order valence-electron chi connectivity index (χ3n) is 5.09. The lowest BCUT2D eigenvalue weighted by Crippen LogP contribution is -2.48. The maximum absolute atomic E-state index is 9.49. The first-order valence-corrected chi connectivity index (χ1v) is 7.86. The number of rotatable bonds is 2. The molecule has 18 heavy (non-hydrogen) atoms. The molecule has 3 aliphatic rings. The van der Waals surface area contributed by atoms with Gasteiger partial charge >= 0.3 is 0 Å². The van der Waals surface area contributed by atoms with Crippen LogP contribution in [0.2, 0.25) is 0 Å². The lowest BCUT2D eigenvalue weighted by atomic mass is 9.93. The van der Waals surface area contributed by atoms with E-state index in [2.05, 4.69) is 10.6 Å². The van der Waals surface area contributed by atoms with Gasteiger partial charge in [-0.3, -0.25) is 0 Å². The van der Waals surface area contributed by atoms with Gasteiger partial charge in [0.05, 0.1) is 6.10 Å². The molecule has 3 rings (SSSR count). The van der Waals surface area contributed by atoms with Crippen molar-refractivity contribution >= 4 is 17.3 Å². The Hall–Kier alpha value is -0.350. The zero-order valence-electron chi connectivity index (χ0n) is 10.9. The minimum atomic E-state index is -0.0878. The van der Waals surface area contributed by atoms with Crippen molar-refractivity contribution in [2.45, 2.75) is 69.6 Å². The van der Waals surface area contributed by atoms with Crippen LogP contribution in [-0.2, 0) is 0 Å². The van der Waals surface area contributed by atoms with Crippen molar-refractivity contribution in [3.8, 4) is 0 Å². The molecule has 3 saturated carbocycles. The van der Waals surface area contributed by atoms with Gasteiger partial charge in [-0.2, -0.15) is 0 Å². The summed E-state index contributed by atoms with van der Waals surface area (Å²) in [5.74, 6) is 1.82. The van der Waals surface area contributed by atoms with Gasteiger partial charge in [-0.1, -0.05) is 6.42 Å². The predicted molar refractivity (Wildman–Crippen MR) is 76.4 cm³/mol. The van der Waals surface area contributed by atoms with E-state index >= 15 is 0 Å². The zero-order chi connectivity index (χ0) is 12.5. The Morgan fingerprint density at radius 1 is 0.944 bits per heavy atom. The van der Waals surface area contributed by atoms with Gasteiger partial charge in [-0.25, -0.2) is 0 Å². The Kier molecular flexibility index (Phi) is 3.76. The van der Waals surface area contributed by atoms with Crippen molar-refractivity contribution in [1.82, 2.24) is 10.6 Å². The molecule has 0 radical (unpaired) electrons. The first kappa shape index (κ1) is 12.7. The van der Waals surface area contributed by atoms with Crippen LogP contribution in [0.3, 0.4) is 0 Å². The molecule has 3 fully saturated rings. The van der Waals surface area contributed by atoms with Crippen molar-refractivity contribution in [3.05, 3.63) is 0 Å². The van der Waals surface area contributed by atoms with E-state index in [1.165, 1.54) is 25.7 Å². The van der Waals surface area contributed by atoms with Crippen LogP contribution < -0.4 is 10.6 Å². The lowest BCUT2D eigenvalue weighted by molar-refractivity contribution is 0.120. The van der Waals surface area contributed by atoms with E-state index in [0.29, 0.717) is 12.1 Å². The van der Waals surface area contributed by atoms with Gasteiger partial charge in [0.2, 0.25) is 0 Å². The third-order valence-corrected chi connectivity index (χ3v) is 5.32. The van der Waals surface area contributed by atoms with Gasteiger partial charge in [0.1, 0.15) is 0 Å². The van der Waals surface area contributed by atoms with Crippen LogP contribution in [0.25, 0.3) is 0 Å². The minimum absolute atomic E-state index is 0.0878. The van der Waals surface area contributed by atoms with E-state index in [1.807, 2.05) is 0 Å². The summed E-state index contributed by atoms with van der Waals surface area (Å²) >= 11 is 5.43. The molecule has 0 amide bonds. The van der Waals surface area contributed by atoms with E-state index in [9.17, 15) is 5.11 Å². The van der Waals surface area contributed by atoms with Crippen LogP contribution >= 0.6 is 12.2 Å². The molecule has 4 heteroatoms. The number of thiocarbonyl (C=S) groups is 1. The number of aliphatic hydroxyl groups is 1. The third kappa shape index (κ3) is 2.80. The maximum Gasteiger partial charge on any atom is 0.166 e. The summed E-state index contributed by atoms with van der Waals surface area (Å²) in [6.45, 7) is 0. The van der Waals surface area contributed by atoms with Crippen molar-refractivity contribution in [1.29, 1.82) is 0 Å². The van der Waals surface area contributed by atoms with Crippen LogP contribution in [0, 0.1) is 11.8 Å². The molecule has 0 aromatic heterocycles. The van der Waals surface area contributed by atoms with Crippen LogP contribution in [0.1, 0.15) is 51.4 Å². The highest BCUT2D eigenvalue weighted by Gasteiger charge is 2.39. The highest BCUT2D eigenvalue weighted by molar-refractivity contribution is 7.80. The normalized spacial score (nSPS) is 42.8. The Labute approximate surface area is 115 Å². The maximum atomic E-state index is 9.49. The molecule has 0 aromatic carbocycles. The summed E-state index contributed by atoms with van der Waals surface area (Å²) in [7, 11) is 0. The van der Waals surface area contributed by atoms with Gasteiger partial charge in [0, 0.05) is 12.1 Å². The standard InChI is InChI=1S/C14H24N2OS/c17-12-5-3-11(4-6-12)15-14(18)16-13-8-9-1-2-10(13)7-9/h9-13,17H,1-8H2,(H2,15,16,18)/t9-,10+,11?,12?,13+/m1/s1. The summed E-state index contributed by atoms with van der Waals surface area (Å²) in [5, 5.41) is 17.3. The molecule has 0 saturated heterocycles. The number of fused-ring (bicyclic) bond motifs is 2. The number of aliphatic hydroxyl groups excluding tert-OH is 1. The topological polar surface area (TPSA) is 44.3 Å². The zero-order valence-corrected chi connectivity index (χ0v) is 11.7. The average Bonchev–Trinajstić information content (AvgIpc) is 2.94. The molecule has 3 nitrogen and oxygen atoms in total. The first-order valence-electron chi connectivity index (χ1n) is 7.46. The van der Waals surface area contributed by atoms with Gasteiger partial charge < -0.3 is 15.7 Å². The molecule has 2 bridgehead atoms. The van der Waals surface area contributed by atoms with E-state index < -0.39 is 0 Å². The molecule has 102 valence electrons. The number of hydrogen-bond donors (Lipinski definition) is 3. The second kappa shape index (κ2) is 5.33. The van der Waals surface area contributed by atoms with Crippen molar-refractivity contribution < 1.29 is 5.11 Å². The predicted octanol–water partition coefficient (Wildman–Crippen LogP) is 1.94. The Balaban J connectivity index is 1.42. The van der Waals surface area contributed by atoms with Crippen LogP contribution in [0.15, 0.2) is 0 Å². The van der Waals surface area contributed by atoms with E-state index in [4.69, 9.17) is 12.2 Å². The Bertz CT molecular complexity index is 315. The fourth-order valence-corrected chi connectivity index (χ4v) is 4.36. The molecule has 0 aromatic rings. The molecule has 3 aliphatic carbocycles. The van der Waals surface area contributed by atoms with E-state index in [-0.39, 0.29) is 6.10 Å². The second-order valence-corrected chi connectivity index (χ2v) is 6.81. The molecular formula is C14H24N2OS. The van der Waals surface area contributed by atoms with Gasteiger partial charge in [0.25, 0.3) is 0 Å². The number of hydrogen-bond acceptors (Lipinski definition) is 2. The summed E-state index contributed by atoms with van der Waals surface area (Å²) in [4.78, 5) is 0. The van der Waals surface area contributed by atoms with Crippen molar-refractivity contribution in [3.63, 3.8) is 0 Å². The van der Waals surface area contributed by atoms with E-state index in [1.54, 1.807) is 0 Å². The fourth-order valence-electron chi connectivity index (χ4n) is 4.04. The van der Waals surface area contributed by atoms with Crippen LogP contribution in [0.5, 0.6) is 0 Å². The van der Waals surface area contributed by atoms with Crippen molar-refractivity contribution in [2.75, 3.05) is 0 Å². The van der Waals surface area contributed by atoms with Gasteiger partial charge in [0.15, 0.2) is 5.11 Å². The van der Waals surface area contributed by atoms with Crippen LogP contribution in [-0.4, -0.2) is 28.4 Å². The molecule has 0 aliphatic heterocycles.